The first-order valence-electron chi connectivity index (χ1n) is 11.2. The zero-order valence-electron chi connectivity index (χ0n) is 18.7. The molecule has 1 saturated heterocycles. The van der Waals surface area contributed by atoms with Gasteiger partial charge in [0.15, 0.2) is 0 Å². The normalized spacial score (nSPS) is 26.0. The van der Waals surface area contributed by atoms with E-state index in [0.717, 1.165) is 44.3 Å². The Morgan fingerprint density at radius 1 is 1.10 bits per heavy atom. The van der Waals surface area contributed by atoms with Crippen LogP contribution < -0.4 is 4.74 Å². The lowest BCUT2D eigenvalue weighted by atomic mass is 9.58. The maximum atomic E-state index is 13.1. The number of nitrogens with zero attached hydrogens (tertiary/aromatic N) is 2. The summed E-state index contributed by atoms with van der Waals surface area (Å²) in [7, 11) is 4.13. The van der Waals surface area contributed by atoms with Gasteiger partial charge in [0.2, 0.25) is 0 Å². The lowest BCUT2D eigenvalue weighted by Crippen LogP contribution is -2.55. The molecule has 2 aromatic carbocycles. The maximum Gasteiger partial charge on any atom is 0.308 e. The van der Waals surface area contributed by atoms with Crippen molar-refractivity contribution < 1.29 is 14.3 Å². The summed E-state index contributed by atoms with van der Waals surface area (Å²) in [5, 5.41) is 0. The fraction of sp³-hybridized carbons (Fsp3) is 0.462. The van der Waals surface area contributed by atoms with E-state index in [1.807, 2.05) is 60.5 Å². The Kier molecular flexibility index (Phi) is 6.15. The Balaban J connectivity index is 1.64. The molecule has 0 N–H and O–H groups in total. The molecule has 1 aliphatic heterocycles. The highest BCUT2D eigenvalue weighted by atomic mass is 16.5. The van der Waals surface area contributed by atoms with Crippen LogP contribution in [0.5, 0.6) is 5.75 Å². The number of amides is 1. The molecule has 4 rings (SSSR count). The molecule has 1 aliphatic carbocycles. The highest BCUT2D eigenvalue weighted by molar-refractivity contribution is 5.94. The zero-order chi connectivity index (χ0) is 22.0. The van der Waals surface area contributed by atoms with Crippen LogP contribution in [0.1, 0.15) is 48.5 Å². The van der Waals surface area contributed by atoms with Gasteiger partial charge in [-0.2, -0.15) is 0 Å². The number of piperidine rings is 1. The Morgan fingerprint density at radius 2 is 1.87 bits per heavy atom. The number of hydrogen-bond donors (Lipinski definition) is 0. The molecular formula is C26H32N2O3. The maximum absolute atomic E-state index is 13.1. The molecule has 1 saturated carbocycles. The van der Waals surface area contributed by atoms with E-state index in [0.29, 0.717) is 11.7 Å². The van der Waals surface area contributed by atoms with Crippen LogP contribution in [0.25, 0.3) is 0 Å². The monoisotopic (exact) mass is 420 g/mol. The van der Waals surface area contributed by atoms with Gasteiger partial charge in [-0.15, -0.1) is 0 Å². The SMILES string of the molecule is CC(=O)Oc1cccc([C@@]23CCN(C)C[C@H]2CC[C@H](N(C)C(=O)c2ccccc2)C3)c1. The van der Waals surface area contributed by atoms with E-state index in [1.54, 1.807) is 0 Å². The van der Waals surface area contributed by atoms with Crippen LogP contribution in [0.3, 0.4) is 0 Å². The first-order chi connectivity index (χ1) is 14.9. The molecule has 0 radical (unpaired) electrons. The molecule has 5 nitrogen and oxygen atoms in total. The number of rotatable bonds is 4. The quantitative estimate of drug-likeness (QED) is 0.551. The summed E-state index contributed by atoms with van der Waals surface area (Å²) in [6, 6.07) is 17.8. The third-order valence-electron chi connectivity index (χ3n) is 7.26. The lowest BCUT2D eigenvalue weighted by molar-refractivity contribution is -0.131. The second-order valence-electron chi connectivity index (χ2n) is 9.20. The predicted molar refractivity (Wildman–Crippen MR) is 121 cm³/mol. The average molecular weight is 421 g/mol. The van der Waals surface area contributed by atoms with Gasteiger partial charge in [0.1, 0.15) is 5.75 Å². The zero-order valence-corrected chi connectivity index (χ0v) is 18.7. The van der Waals surface area contributed by atoms with Crippen LogP contribution in [0.15, 0.2) is 54.6 Å². The number of ether oxygens (including phenoxy) is 1. The van der Waals surface area contributed by atoms with Gasteiger partial charge in [-0.25, -0.2) is 0 Å². The standard InChI is InChI=1S/C26H32N2O3/c1-19(29)31-24-11-7-10-21(16-24)26-14-15-27(2)18-22(26)12-13-23(17-26)28(3)25(30)20-8-5-4-6-9-20/h4-11,16,22-23H,12-15,17-18H2,1-3H3/t22-,23+,26+/m1/s1. The van der Waals surface area contributed by atoms with Crippen LogP contribution >= 0.6 is 0 Å². The molecule has 2 aliphatic rings. The van der Waals surface area contributed by atoms with E-state index in [2.05, 4.69) is 18.0 Å². The minimum atomic E-state index is -0.302. The van der Waals surface area contributed by atoms with E-state index in [9.17, 15) is 9.59 Å². The summed E-state index contributed by atoms with van der Waals surface area (Å²) in [6.45, 7) is 3.52. The van der Waals surface area contributed by atoms with E-state index in [4.69, 9.17) is 4.74 Å². The smallest absolute Gasteiger partial charge is 0.308 e. The summed E-state index contributed by atoms with van der Waals surface area (Å²) >= 11 is 0. The molecule has 2 aromatic rings. The first kappa shape index (κ1) is 21.6. The van der Waals surface area contributed by atoms with E-state index in [1.165, 1.54) is 12.5 Å². The third kappa shape index (κ3) is 4.38. The second kappa shape index (κ2) is 8.83. The minimum absolute atomic E-state index is 0.0171. The molecule has 0 bridgehead atoms. The van der Waals surface area contributed by atoms with Crippen molar-refractivity contribution in [3.8, 4) is 5.75 Å². The molecule has 164 valence electrons. The molecule has 3 atom stereocenters. The van der Waals surface area contributed by atoms with Gasteiger partial charge in [0.05, 0.1) is 0 Å². The Labute approximate surface area is 185 Å². The van der Waals surface area contributed by atoms with Crippen molar-refractivity contribution in [3.05, 3.63) is 65.7 Å². The fourth-order valence-corrected chi connectivity index (χ4v) is 5.60. The van der Waals surface area contributed by atoms with Gasteiger partial charge >= 0.3 is 5.97 Å². The fourth-order valence-electron chi connectivity index (χ4n) is 5.60. The van der Waals surface area contributed by atoms with Gasteiger partial charge in [-0.1, -0.05) is 30.3 Å². The van der Waals surface area contributed by atoms with Crippen molar-refractivity contribution in [3.63, 3.8) is 0 Å². The number of likely N-dealkylation sites (tertiary alicyclic amines) is 1. The van der Waals surface area contributed by atoms with Crippen molar-refractivity contribution in [1.82, 2.24) is 9.80 Å². The van der Waals surface area contributed by atoms with Gasteiger partial charge in [0.25, 0.3) is 5.91 Å². The number of carbonyl (C=O) groups excluding carboxylic acids is 2. The van der Waals surface area contributed by atoms with Crippen LogP contribution in [-0.2, 0) is 10.2 Å². The van der Waals surface area contributed by atoms with Gasteiger partial charge in [-0.3, -0.25) is 9.59 Å². The van der Waals surface area contributed by atoms with E-state index < -0.39 is 0 Å². The lowest BCUT2D eigenvalue weighted by Gasteiger charge is -2.53. The molecule has 0 unspecified atom stereocenters. The molecule has 2 fully saturated rings. The second-order valence-corrected chi connectivity index (χ2v) is 9.20. The van der Waals surface area contributed by atoms with Crippen molar-refractivity contribution in [2.75, 3.05) is 27.2 Å². The van der Waals surface area contributed by atoms with Crippen molar-refractivity contribution in [2.24, 2.45) is 5.92 Å². The van der Waals surface area contributed by atoms with Crippen LogP contribution in [0.2, 0.25) is 0 Å². The number of fused-ring (bicyclic) bond motifs is 1. The minimum Gasteiger partial charge on any atom is -0.427 e. The van der Waals surface area contributed by atoms with Crippen molar-refractivity contribution in [1.29, 1.82) is 0 Å². The largest absolute Gasteiger partial charge is 0.427 e. The summed E-state index contributed by atoms with van der Waals surface area (Å²) in [6.07, 6.45) is 4.07. The van der Waals surface area contributed by atoms with Gasteiger partial charge in [-0.05, 0) is 75.0 Å². The number of hydrogen-bond acceptors (Lipinski definition) is 4. The molecule has 0 spiro atoms. The summed E-state index contributed by atoms with van der Waals surface area (Å²) < 4.78 is 5.40. The van der Waals surface area contributed by atoms with Crippen LogP contribution in [0.4, 0.5) is 0 Å². The van der Waals surface area contributed by atoms with Gasteiger partial charge in [0, 0.05) is 37.5 Å². The van der Waals surface area contributed by atoms with Crippen molar-refractivity contribution in [2.45, 2.75) is 44.1 Å². The van der Waals surface area contributed by atoms with E-state index >= 15 is 0 Å². The highest BCUT2D eigenvalue weighted by Gasteiger charge is 2.48. The third-order valence-corrected chi connectivity index (χ3v) is 7.26. The molecule has 5 heteroatoms. The molecule has 1 amide bonds. The topological polar surface area (TPSA) is 49.9 Å². The summed E-state index contributed by atoms with van der Waals surface area (Å²) in [4.78, 5) is 29.0. The summed E-state index contributed by atoms with van der Waals surface area (Å²) in [5.41, 5.74) is 1.95. The van der Waals surface area contributed by atoms with Crippen LogP contribution in [0, 0.1) is 5.92 Å². The summed E-state index contributed by atoms with van der Waals surface area (Å²) in [5.74, 6) is 0.910. The first-order valence-corrected chi connectivity index (χ1v) is 11.2. The Bertz CT molecular complexity index is 945. The number of benzene rings is 2. The molecule has 0 aromatic heterocycles. The molecular weight excluding hydrogens is 388 g/mol. The average Bonchev–Trinajstić information content (AvgIpc) is 2.78. The molecule has 1 heterocycles. The molecule has 31 heavy (non-hydrogen) atoms. The Hall–Kier alpha value is -2.66. The predicted octanol–water partition coefficient (Wildman–Crippen LogP) is 4.13. The van der Waals surface area contributed by atoms with Crippen molar-refractivity contribution >= 4 is 11.9 Å². The highest BCUT2D eigenvalue weighted by Crippen LogP contribution is 2.50. The van der Waals surface area contributed by atoms with Crippen LogP contribution in [-0.4, -0.2) is 54.9 Å². The number of carbonyl (C=O) groups is 2. The Morgan fingerprint density at radius 3 is 2.61 bits per heavy atom. The number of esters is 1. The van der Waals surface area contributed by atoms with Gasteiger partial charge < -0.3 is 14.5 Å². The van der Waals surface area contributed by atoms with E-state index in [-0.39, 0.29) is 23.3 Å².